The summed E-state index contributed by atoms with van der Waals surface area (Å²) < 4.78 is 11.0. The van der Waals surface area contributed by atoms with E-state index in [1.807, 2.05) is 30.3 Å². The molecule has 0 radical (unpaired) electrons. The molecule has 0 aromatic heterocycles. The van der Waals surface area contributed by atoms with Crippen molar-refractivity contribution < 1.29 is 14.3 Å². The maximum absolute atomic E-state index is 11.1. The Labute approximate surface area is 134 Å². The molecule has 0 atom stereocenters. The fourth-order valence-corrected chi connectivity index (χ4v) is 1.96. The third-order valence-electron chi connectivity index (χ3n) is 3.12. The zero-order valence-electron chi connectivity index (χ0n) is 12.7. The van der Waals surface area contributed by atoms with Crippen molar-refractivity contribution in [2.24, 2.45) is 5.73 Å². The van der Waals surface area contributed by atoms with E-state index in [0.29, 0.717) is 23.7 Å². The quantitative estimate of drug-likeness (QED) is 0.656. The molecule has 0 spiro atoms. The molecule has 5 nitrogen and oxygen atoms in total. The van der Waals surface area contributed by atoms with Gasteiger partial charge in [-0.15, -0.1) is 0 Å². The summed E-state index contributed by atoms with van der Waals surface area (Å²) in [6.45, 7) is 0.380. The van der Waals surface area contributed by atoms with Crippen LogP contribution in [-0.4, -0.2) is 13.0 Å². The van der Waals surface area contributed by atoms with Crippen molar-refractivity contribution in [2.45, 2.75) is 6.61 Å². The Bertz CT molecular complexity index is 762. The van der Waals surface area contributed by atoms with Crippen LogP contribution in [0.2, 0.25) is 0 Å². The Balaban J connectivity index is 2.25. The summed E-state index contributed by atoms with van der Waals surface area (Å²) in [6.07, 6.45) is 1.41. The number of nitrogens with zero attached hydrogens (tertiary/aromatic N) is 1. The summed E-state index contributed by atoms with van der Waals surface area (Å²) in [5.74, 6) is 0.317. The Morgan fingerprint density at radius 3 is 2.57 bits per heavy atom. The Morgan fingerprint density at radius 2 is 1.96 bits per heavy atom. The first-order valence-electron chi connectivity index (χ1n) is 6.90. The van der Waals surface area contributed by atoms with Gasteiger partial charge in [0.05, 0.1) is 7.11 Å². The summed E-state index contributed by atoms with van der Waals surface area (Å²) in [4.78, 5) is 11.1. The first kappa shape index (κ1) is 16.1. The van der Waals surface area contributed by atoms with Crippen LogP contribution in [0.1, 0.15) is 11.1 Å². The van der Waals surface area contributed by atoms with Crippen LogP contribution in [0.5, 0.6) is 11.5 Å². The van der Waals surface area contributed by atoms with E-state index in [4.69, 9.17) is 20.5 Å². The largest absolute Gasteiger partial charge is 0.493 e. The van der Waals surface area contributed by atoms with E-state index in [1.165, 1.54) is 6.08 Å². The van der Waals surface area contributed by atoms with Crippen molar-refractivity contribution in [1.29, 1.82) is 5.26 Å². The first-order chi connectivity index (χ1) is 11.1. The average Bonchev–Trinajstić information content (AvgIpc) is 2.58. The van der Waals surface area contributed by atoms with Gasteiger partial charge in [0.1, 0.15) is 18.2 Å². The van der Waals surface area contributed by atoms with E-state index < -0.39 is 5.91 Å². The highest BCUT2D eigenvalue weighted by atomic mass is 16.5. The minimum Gasteiger partial charge on any atom is -0.493 e. The second-order valence-corrected chi connectivity index (χ2v) is 4.72. The number of carbonyl (C=O) groups excluding carboxylic acids is 1. The monoisotopic (exact) mass is 308 g/mol. The molecule has 0 fully saturated rings. The summed E-state index contributed by atoms with van der Waals surface area (Å²) >= 11 is 0. The van der Waals surface area contributed by atoms with Crippen LogP contribution in [-0.2, 0) is 11.4 Å². The van der Waals surface area contributed by atoms with Gasteiger partial charge in [0.15, 0.2) is 11.5 Å². The van der Waals surface area contributed by atoms with Gasteiger partial charge in [-0.3, -0.25) is 4.79 Å². The fourth-order valence-electron chi connectivity index (χ4n) is 1.96. The SMILES string of the molecule is COc1ccc(C=C(C#N)C(N)=O)cc1OCc1ccccc1. The number of hydrogen-bond acceptors (Lipinski definition) is 4. The number of ether oxygens (including phenoxy) is 2. The van der Waals surface area contributed by atoms with E-state index >= 15 is 0 Å². The van der Waals surface area contributed by atoms with E-state index in [1.54, 1.807) is 31.4 Å². The lowest BCUT2D eigenvalue weighted by atomic mass is 10.1. The highest BCUT2D eigenvalue weighted by molar-refractivity contribution is 6.00. The van der Waals surface area contributed by atoms with Crippen LogP contribution >= 0.6 is 0 Å². The number of nitrogens with two attached hydrogens (primary N) is 1. The van der Waals surface area contributed by atoms with Gasteiger partial charge in [-0.25, -0.2) is 0 Å². The van der Waals surface area contributed by atoms with Crippen LogP contribution in [0.3, 0.4) is 0 Å². The van der Waals surface area contributed by atoms with Crippen LogP contribution < -0.4 is 15.2 Å². The molecular weight excluding hydrogens is 292 g/mol. The van der Waals surface area contributed by atoms with Crippen molar-refractivity contribution in [3.05, 3.63) is 65.2 Å². The van der Waals surface area contributed by atoms with Crippen LogP contribution in [0.4, 0.5) is 0 Å². The topological polar surface area (TPSA) is 85.3 Å². The van der Waals surface area contributed by atoms with Gasteiger partial charge >= 0.3 is 0 Å². The number of benzene rings is 2. The molecule has 0 aliphatic heterocycles. The van der Waals surface area contributed by atoms with Crippen LogP contribution in [0.15, 0.2) is 54.1 Å². The number of methoxy groups -OCH3 is 1. The van der Waals surface area contributed by atoms with Gasteiger partial charge in [0, 0.05) is 0 Å². The van der Waals surface area contributed by atoms with Crippen molar-refractivity contribution in [2.75, 3.05) is 7.11 Å². The lowest BCUT2D eigenvalue weighted by Crippen LogP contribution is -2.12. The predicted molar refractivity (Wildman–Crippen MR) is 86.6 cm³/mol. The summed E-state index contributed by atoms with van der Waals surface area (Å²) in [5.41, 5.74) is 6.66. The minimum atomic E-state index is -0.768. The Kier molecular flexibility index (Phi) is 5.37. The van der Waals surface area contributed by atoms with E-state index in [9.17, 15) is 4.79 Å². The maximum atomic E-state index is 11.1. The molecule has 116 valence electrons. The van der Waals surface area contributed by atoms with Crippen molar-refractivity contribution >= 4 is 12.0 Å². The number of hydrogen-bond donors (Lipinski definition) is 1. The summed E-state index contributed by atoms with van der Waals surface area (Å²) in [5, 5.41) is 8.90. The smallest absolute Gasteiger partial charge is 0.259 e. The second kappa shape index (κ2) is 7.66. The van der Waals surface area contributed by atoms with E-state index in [0.717, 1.165) is 5.56 Å². The number of amides is 1. The predicted octanol–water partition coefficient (Wildman–Crippen LogP) is 2.67. The molecule has 0 unspecified atom stereocenters. The van der Waals surface area contributed by atoms with E-state index in [2.05, 4.69) is 0 Å². The van der Waals surface area contributed by atoms with Gasteiger partial charge < -0.3 is 15.2 Å². The molecule has 0 saturated carbocycles. The molecule has 2 N–H and O–H groups in total. The molecule has 5 heteroatoms. The number of primary amides is 1. The van der Waals surface area contributed by atoms with Crippen molar-refractivity contribution in [1.82, 2.24) is 0 Å². The molecule has 1 amide bonds. The zero-order chi connectivity index (χ0) is 16.7. The Morgan fingerprint density at radius 1 is 1.22 bits per heavy atom. The summed E-state index contributed by atoms with van der Waals surface area (Å²) in [6, 6.07) is 16.6. The number of nitriles is 1. The van der Waals surface area contributed by atoms with E-state index in [-0.39, 0.29) is 5.57 Å². The number of carbonyl (C=O) groups is 1. The maximum Gasteiger partial charge on any atom is 0.259 e. The van der Waals surface area contributed by atoms with Gasteiger partial charge in [-0.2, -0.15) is 5.26 Å². The lowest BCUT2D eigenvalue weighted by Gasteiger charge is -2.11. The first-order valence-corrected chi connectivity index (χ1v) is 6.90. The third-order valence-corrected chi connectivity index (χ3v) is 3.12. The molecule has 2 rings (SSSR count). The molecule has 23 heavy (non-hydrogen) atoms. The third kappa shape index (κ3) is 4.35. The molecule has 0 bridgehead atoms. The average molecular weight is 308 g/mol. The van der Waals surface area contributed by atoms with Crippen molar-refractivity contribution in [3.8, 4) is 17.6 Å². The zero-order valence-corrected chi connectivity index (χ0v) is 12.7. The van der Waals surface area contributed by atoms with Crippen LogP contribution in [0.25, 0.3) is 6.08 Å². The minimum absolute atomic E-state index is 0.121. The molecule has 2 aromatic carbocycles. The molecule has 0 aliphatic rings. The normalized spacial score (nSPS) is 10.7. The highest BCUT2D eigenvalue weighted by Gasteiger charge is 2.08. The summed E-state index contributed by atoms with van der Waals surface area (Å²) in [7, 11) is 1.55. The van der Waals surface area contributed by atoms with Crippen LogP contribution in [0, 0.1) is 11.3 Å². The number of rotatable bonds is 6. The van der Waals surface area contributed by atoms with Gasteiger partial charge in [-0.1, -0.05) is 36.4 Å². The molecule has 2 aromatic rings. The highest BCUT2D eigenvalue weighted by Crippen LogP contribution is 2.29. The Hall–Kier alpha value is -3.26. The van der Waals surface area contributed by atoms with Gasteiger partial charge in [0.25, 0.3) is 5.91 Å². The molecule has 0 aliphatic carbocycles. The molecule has 0 heterocycles. The fraction of sp³-hybridized carbons (Fsp3) is 0.111. The van der Waals surface area contributed by atoms with Crippen molar-refractivity contribution in [3.63, 3.8) is 0 Å². The lowest BCUT2D eigenvalue weighted by molar-refractivity contribution is -0.114. The van der Waals surface area contributed by atoms with Gasteiger partial charge in [0.2, 0.25) is 0 Å². The van der Waals surface area contributed by atoms with Gasteiger partial charge in [-0.05, 0) is 29.3 Å². The second-order valence-electron chi connectivity index (χ2n) is 4.72. The molecular formula is C18H16N2O3. The molecule has 0 saturated heterocycles. The standard InChI is InChI=1S/C18H16N2O3/c1-22-16-8-7-14(9-15(11-19)18(20)21)10-17(16)23-12-13-5-3-2-4-6-13/h2-10H,12H2,1H3,(H2,20,21).